The van der Waals surface area contributed by atoms with E-state index in [1.165, 1.54) is 4.88 Å². The maximum absolute atomic E-state index is 12.2. The van der Waals surface area contributed by atoms with E-state index in [0.717, 1.165) is 45.6 Å². The largest absolute Gasteiger partial charge is 0.396 e. The first-order valence-electron chi connectivity index (χ1n) is 8.38. The van der Waals surface area contributed by atoms with E-state index in [9.17, 15) is 9.90 Å². The lowest BCUT2D eigenvalue weighted by Crippen LogP contribution is -2.51. The summed E-state index contributed by atoms with van der Waals surface area (Å²) in [4.78, 5) is 17.9. The van der Waals surface area contributed by atoms with Gasteiger partial charge < -0.3 is 15.3 Å². The highest BCUT2D eigenvalue weighted by molar-refractivity contribution is 7.09. The monoisotopic (exact) mass is 339 g/mol. The molecule has 1 fully saturated rings. The predicted octanol–water partition coefficient (Wildman–Crippen LogP) is 2.37. The van der Waals surface area contributed by atoms with E-state index >= 15 is 0 Å². The average Bonchev–Trinajstić information content (AvgIpc) is 3.05. The molecule has 2 N–H and O–H groups in total. The maximum Gasteiger partial charge on any atom is 0.317 e. The SMILES string of the molecule is CC(C)(CO)CCCNC(=O)N1CCN(Cc2cccs2)CC1. The van der Waals surface area contributed by atoms with Crippen molar-refractivity contribution in [3.8, 4) is 0 Å². The zero-order chi connectivity index (χ0) is 16.7. The molecule has 2 amide bonds. The van der Waals surface area contributed by atoms with Gasteiger partial charge >= 0.3 is 6.03 Å². The highest BCUT2D eigenvalue weighted by atomic mass is 32.1. The van der Waals surface area contributed by atoms with Gasteiger partial charge in [-0.25, -0.2) is 4.79 Å². The Morgan fingerprint density at radius 1 is 1.35 bits per heavy atom. The van der Waals surface area contributed by atoms with Crippen LogP contribution in [-0.2, 0) is 6.54 Å². The third kappa shape index (κ3) is 6.12. The first-order valence-corrected chi connectivity index (χ1v) is 9.26. The molecule has 130 valence electrons. The molecule has 0 bridgehead atoms. The standard InChI is InChI=1S/C17H29N3O2S/c1-17(2,14-21)6-4-7-18-16(22)20-10-8-19(9-11-20)13-15-5-3-12-23-15/h3,5,12,21H,4,6-11,13-14H2,1-2H3,(H,18,22). The first kappa shape index (κ1) is 18.2. The molecule has 0 spiro atoms. The molecule has 1 aromatic heterocycles. The predicted molar refractivity (Wildman–Crippen MR) is 94.7 cm³/mol. The second-order valence-electron chi connectivity index (χ2n) is 7.00. The minimum Gasteiger partial charge on any atom is -0.396 e. The van der Waals surface area contributed by atoms with Crippen LogP contribution < -0.4 is 5.32 Å². The van der Waals surface area contributed by atoms with Crippen LogP contribution in [0.5, 0.6) is 0 Å². The number of hydrogen-bond donors (Lipinski definition) is 2. The number of nitrogens with one attached hydrogen (secondary N) is 1. The van der Waals surface area contributed by atoms with Crippen molar-refractivity contribution in [2.45, 2.75) is 33.2 Å². The highest BCUT2D eigenvalue weighted by Gasteiger charge is 2.21. The van der Waals surface area contributed by atoms with Crippen LogP contribution in [0.15, 0.2) is 17.5 Å². The Morgan fingerprint density at radius 2 is 2.09 bits per heavy atom. The molecule has 6 heteroatoms. The number of nitrogens with zero attached hydrogens (tertiary/aromatic N) is 2. The molecule has 23 heavy (non-hydrogen) atoms. The Balaban J connectivity index is 1.62. The highest BCUT2D eigenvalue weighted by Crippen LogP contribution is 2.20. The van der Waals surface area contributed by atoms with Gasteiger partial charge in [-0.05, 0) is 29.7 Å². The molecule has 1 aliphatic rings. The van der Waals surface area contributed by atoms with Gasteiger partial charge in [-0.3, -0.25) is 4.90 Å². The van der Waals surface area contributed by atoms with Gasteiger partial charge in [0.2, 0.25) is 0 Å². The van der Waals surface area contributed by atoms with Gasteiger partial charge in [-0.2, -0.15) is 0 Å². The summed E-state index contributed by atoms with van der Waals surface area (Å²) in [6, 6.07) is 4.29. The number of piperazine rings is 1. The van der Waals surface area contributed by atoms with Crippen LogP contribution in [0.1, 0.15) is 31.6 Å². The Hall–Kier alpha value is -1.11. The fourth-order valence-electron chi connectivity index (χ4n) is 2.69. The number of aliphatic hydroxyl groups excluding tert-OH is 1. The number of carbonyl (C=O) groups excluding carboxylic acids is 1. The molecule has 0 unspecified atom stereocenters. The van der Waals surface area contributed by atoms with E-state index in [1.807, 2.05) is 18.7 Å². The van der Waals surface area contributed by atoms with Crippen molar-refractivity contribution in [2.75, 3.05) is 39.3 Å². The first-order chi connectivity index (χ1) is 11.0. The molecule has 5 nitrogen and oxygen atoms in total. The summed E-state index contributed by atoms with van der Waals surface area (Å²) in [6.45, 7) is 9.39. The molecule has 0 radical (unpaired) electrons. The third-order valence-corrected chi connectivity index (χ3v) is 5.21. The fraction of sp³-hybridized carbons (Fsp3) is 0.706. The zero-order valence-electron chi connectivity index (χ0n) is 14.3. The van der Waals surface area contributed by atoms with E-state index in [4.69, 9.17) is 0 Å². The normalized spacial score (nSPS) is 16.6. The van der Waals surface area contributed by atoms with E-state index in [0.29, 0.717) is 6.54 Å². The quantitative estimate of drug-likeness (QED) is 0.750. The molecular weight excluding hydrogens is 310 g/mol. The Morgan fingerprint density at radius 3 is 2.70 bits per heavy atom. The van der Waals surface area contributed by atoms with Gasteiger partial charge in [0.25, 0.3) is 0 Å². The maximum atomic E-state index is 12.2. The molecule has 2 heterocycles. The number of urea groups is 1. The van der Waals surface area contributed by atoms with Gasteiger partial charge in [-0.1, -0.05) is 19.9 Å². The topological polar surface area (TPSA) is 55.8 Å². The summed E-state index contributed by atoms with van der Waals surface area (Å²) in [5, 5.41) is 14.3. The van der Waals surface area contributed by atoms with Gasteiger partial charge in [0.1, 0.15) is 0 Å². The van der Waals surface area contributed by atoms with Crippen molar-refractivity contribution in [3.05, 3.63) is 22.4 Å². The van der Waals surface area contributed by atoms with Gasteiger partial charge in [0.05, 0.1) is 0 Å². The number of amides is 2. The number of thiophene rings is 1. The molecule has 1 saturated heterocycles. The molecule has 1 aliphatic heterocycles. The minimum atomic E-state index is -0.0574. The summed E-state index contributed by atoms with van der Waals surface area (Å²) in [5.74, 6) is 0. The van der Waals surface area contributed by atoms with Crippen LogP contribution in [0.3, 0.4) is 0 Å². The molecule has 0 atom stereocenters. The lowest BCUT2D eigenvalue weighted by molar-refractivity contribution is 0.134. The van der Waals surface area contributed by atoms with Gasteiger partial charge in [0.15, 0.2) is 0 Å². The average molecular weight is 340 g/mol. The van der Waals surface area contributed by atoms with Crippen LogP contribution in [0, 0.1) is 5.41 Å². The van der Waals surface area contributed by atoms with Crippen LogP contribution in [-0.4, -0.2) is 60.3 Å². The van der Waals surface area contributed by atoms with E-state index in [2.05, 4.69) is 27.7 Å². The number of carbonyl (C=O) groups is 1. The van der Waals surface area contributed by atoms with Gasteiger partial charge in [0, 0.05) is 50.8 Å². The lowest BCUT2D eigenvalue weighted by Gasteiger charge is -2.34. The van der Waals surface area contributed by atoms with Crippen molar-refractivity contribution in [1.82, 2.24) is 15.1 Å². The molecule has 2 rings (SSSR count). The Labute approximate surface area is 143 Å². The van der Waals surface area contributed by atoms with Crippen molar-refractivity contribution >= 4 is 17.4 Å². The van der Waals surface area contributed by atoms with E-state index < -0.39 is 0 Å². The van der Waals surface area contributed by atoms with Crippen LogP contribution >= 0.6 is 11.3 Å². The number of hydrogen-bond acceptors (Lipinski definition) is 4. The molecule has 0 saturated carbocycles. The van der Waals surface area contributed by atoms with Crippen molar-refractivity contribution in [1.29, 1.82) is 0 Å². The summed E-state index contributed by atoms with van der Waals surface area (Å²) >= 11 is 1.79. The van der Waals surface area contributed by atoms with Crippen LogP contribution in [0.25, 0.3) is 0 Å². The van der Waals surface area contributed by atoms with E-state index in [1.54, 1.807) is 11.3 Å². The Kier molecular flexibility index (Phi) is 6.87. The smallest absolute Gasteiger partial charge is 0.317 e. The summed E-state index contributed by atoms with van der Waals surface area (Å²) in [5.41, 5.74) is -0.0574. The summed E-state index contributed by atoms with van der Waals surface area (Å²) in [7, 11) is 0. The summed E-state index contributed by atoms with van der Waals surface area (Å²) in [6.07, 6.45) is 1.82. The van der Waals surface area contributed by atoms with Crippen molar-refractivity contribution in [2.24, 2.45) is 5.41 Å². The van der Waals surface area contributed by atoms with Crippen LogP contribution in [0.2, 0.25) is 0 Å². The zero-order valence-corrected chi connectivity index (χ0v) is 15.1. The van der Waals surface area contributed by atoms with Crippen molar-refractivity contribution in [3.63, 3.8) is 0 Å². The molecular formula is C17H29N3O2S. The second-order valence-corrected chi connectivity index (χ2v) is 8.03. The van der Waals surface area contributed by atoms with Crippen LogP contribution in [0.4, 0.5) is 4.79 Å². The van der Waals surface area contributed by atoms with Gasteiger partial charge in [-0.15, -0.1) is 11.3 Å². The molecule has 1 aromatic rings. The summed E-state index contributed by atoms with van der Waals surface area (Å²) < 4.78 is 0. The molecule has 0 aromatic carbocycles. The van der Waals surface area contributed by atoms with E-state index in [-0.39, 0.29) is 18.1 Å². The minimum absolute atomic E-state index is 0.0441. The Bertz CT molecular complexity index is 468. The van der Waals surface area contributed by atoms with Crippen molar-refractivity contribution < 1.29 is 9.90 Å². The molecule has 0 aliphatic carbocycles. The number of aliphatic hydroxyl groups is 1. The fourth-order valence-corrected chi connectivity index (χ4v) is 3.43. The third-order valence-electron chi connectivity index (χ3n) is 4.35. The number of rotatable bonds is 7. The second kappa shape index (κ2) is 8.66. The lowest BCUT2D eigenvalue weighted by atomic mass is 9.89.